The number of hydrogen-bond acceptors (Lipinski definition) is 5. The van der Waals surface area contributed by atoms with Gasteiger partial charge in [-0.3, -0.25) is 9.00 Å². The summed E-state index contributed by atoms with van der Waals surface area (Å²) in [5.41, 5.74) is 2.01. The van der Waals surface area contributed by atoms with Gasteiger partial charge in [-0.25, -0.2) is 4.98 Å². The van der Waals surface area contributed by atoms with Gasteiger partial charge in [-0.15, -0.1) is 0 Å². The molecule has 7 heteroatoms. The number of ether oxygens (including phenoxy) is 1. The van der Waals surface area contributed by atoms with Crippen LogP contribution in [0.2, 0.25) is 0 Å². The van der Waals surface area contributed by atoms with E-state index in [1.807, 2.05) is 44.2 Å². The molecule has 158 valence electrons. The molecule has 0 aliphatic carbocycles. The van der Waals surface area contributed by atoms with Crippen molar-refractivity contribution in [2.24, 2.45) is 0 Å². The molecule has 0 spiro atoms. The van der Waals surface area contributed by atoms with E-state index in [1.54, 1.807) is 24.3 Å². The molecule has 1 amide bonds. The normalized spacial score (nSPS) is 11.9. The monoisotopic (exact) mass is 426 g/mol. The van der Waals surface area contributed by atoms with E-state index in [0.29, 0.717) is 48.4 Å². The Kier molecular flexibility index (Phi) is 7.93. The molecule has 6 nitrogen and oxygen atoms in total. The lowest BCUT2D eigenvalue weighted by Gasteiger charge is -2.05. The second kappa shape index (κ2) is 10.8. The van der Waals surface area contributed by atoms with Crippen LogP contribution in [0.25, 0.3) is 11.5 Å². The fourth-order valence-corrected chi connectivity index (χ4v) is 4.00. The van der Waals surface area contributed by atoms with E-state index >= 15 is 0 Å². The summed E-state index contributed by atoms with van der Waals surface area (Å²) in [7, 11) is -1.19. The molecule has 0 saturated carbocycles. The number of amides is 1. The summed E-state index contributed by atoms with van der Waals surface area (Å²) in [5.74, 6) is 1.27. The van der Waals surface area contributed by atoms with Crippen molar-refractivity contribution in [3.05, 3.63) is 71.6 Å². The summed E-state index contributed by atoms with van der Waals surface area (Å²) in [6.45, 7) is 5.65. The number of hydrogen-bond donors (Lipinski definition) is 1. The van der Waals surface area contributed by atoms with Crippen LogP contribution in [0.4, 0.5) is 0 Å². The molecule has 0 aliphatic rings. The number of aryl methyl sites for hydroxylation is 1. The molecule has 0 aliphatic heterocycles. The quantitative estimate of drug-likeness (QED) is 0.493. The van der Waals surface area contributed by atoms with Gasteiger partial charge in [0.2, 0.25) is 5.89 Å². The predicted octanol–water partition coefficient (Wildman–Crippen LogP) is 4.11. The van der Waals surface area contributed by atoms with Gasteiger partial charge in [0.25, 0.3) is 5.91 Å². The Hall–Kier alpha value is -2.77. The Morgan fingerprint density at radius 2 is 1.87 bits per heavy atom. The average Bonchev–Trinajstić information content (AvgIpc) is 3.14. The van der Waals surface area contributed by atoms with Crippen molar-refractivity contribution in [1.29, 1.82) is 0 Å². The van der Waals surface area contributed by atoms with Crippen LogP contribution in [0.15, 0.2) is 63.9 Å². The van der Waals surface area contributed by atoms with Crippen molar-refractivity contribution in [2.75, 3.05) is 19.8 Å². The number of rotatable bonds is 10. The van der Waals surface area contributed by atoms with E-state index in [2.05, 4.69) is 10.3 Å². The summed E-state index contributed by atoms with van der Waals surface area (Å²) in [6, 6.07) is 16.4. The van der Waals surface area contributed by atoms with Crippen LogP contribution in [0.1, 0.15) is 35.2 Å². The van der Waals surface area contributed by atoms with E-state index in [-0.39, 0.29) is 5.91 Å². The zero-order valence-electron chi connectivity index (χ0n) is 17.2. The Balaban J connectivity index is 1.62. The zero-order valence-corrected chi connectivity index (χ0v) is 18.0. The lowest BCUT2D eigenvalue weighted by molar-refractivity contribution is 0.0944. The minimum atomic E-state index is -1.19. The molecule has 3 rings (SSSR count). The minimum Gasteiger partial charge on any atom is -0.441 e. The first-order valence-corrected chi connectivity index (χ1v) is 11.3. The first kappa shape index (κ1) is 21.9. The van der Waals surface area contributed by atoms with Gasteiger partial charge in [-0.1, -0.05) is 18.2 Å². The van der Waals surface area contributed by atoms with Crippen molar-refractivity contribution >= 4 is 16.7 Å². The number of carbonyl (C=O) groups excluding carboxylic acids is 1. The SMILES string of the molecule is CCOCCCNC(=O)c1ccc(-c2nc(C[S@@](=O)c3ccccc3)c(C)o2)cc1. The third kappa shape index (κ3) is 5.87. The molecule has 1 aromatic heterocycles. The van der Waals surface area contributed by atoms with E-state index in [4.69, 9.17) is 9.15 Å². The van der Waals surface area contributed by atoms with Crippen molar-refractivity contribution < 1.29 is 18.2 Å². The molecule has 0 unspecified atom stereocenters. The van der Waals surface area contributed by atoms with Crippen LogP contribution < -0.4 is 5.32 Å². The number of nitrogens with zero attached hydrogens (tertiary/aromatic N) is 1. The molecule has 1 atom stereocenters. The number of aromatic nitrogens is 1. The highest BCUT2D eigenvalue weighted by Gasteiger charge is 2.15. The van der Waals surface area contributed by atoms with E-state index in [1.165, 1.54) is 0 Å². The number of benzene rings is 2. The lowest BCUT2D eigenvalue weighted by Crippen LogP contribution is -2.25. The van der Waals surface area contributed by atoms with Crippen LogP contribution in [-0.4, -0.2) is 34.9 Å². The average molecular weight is 427 g/mol. The van der Waals surface area contributed by atoms with Crippen LogP contribution in [0.5, 0.6) is 0 Å². The lowest BCUT2D eigenvalue weighted by atomic mass is 10.1. The highest BCUT2D eigenvalue weighted by atomic mass is 32.2. The fourth-order valence-electron chi connectivity index (χ4n) is 2.85. The second-order valence-electron chi connectivity index (χ2n) is 6.71. The van der Waals surface area contributed by atoms with Gasteiger partial charge in [-0.05, 0) is 56.7 Å². The summed E-state index contributed by atoms with van der Waals surface area (Å²) in [5, 5.41) is 2.88. The maximum atomic E-state index is 12.6. The topological polar surface area (TPSA) is 81.4 Å². The molecule has 1 heterocycles. The van der Waals surface area contributed by atoms with Crippen molar-refractivity contribution in [3.8, 4) is 11.5 Å². The van der Waals surface area contributed by atoms with Crippen molar-refractivity contribution in [3.63, 3.8) is 0 Å². The highest BCUT2D eigenvalue weighted by molar-refractivity contribution is 7.84. The number of carbonyl (C=O) groups is 1. The fraction of sp³-hybridized carbons (Fsp3) is 0.304. The molecule has 2 aromatic carbocycles. The molecular formula is C23H26N2O4S. The Bertz CT molecular complexity index is 984. The summed E-state index contributed by atoms with van der Waals surface area (Å²) in [4.78, 5) is 17.5. The van der Waals surface area contributed by atoms with Gasteiger partial charge in [0.15, 0.2) is 0 Å². The molecule has 0 fully saturated rings. The van der Waals surface area contributed by atoms with E-state index in [0.717, 1.165) is 16.9 Å². The molecule has 0 bridgehead atoms. The van der Waals surface area contributed by atoms with E-state index in [9.17, 15) is 9.00 Å². The number of oxazole rings is 1. The summed E-state index contributed by atoms with van der Waals surface area (Å²) < 4.78 is 23.6. The van der Waals surface area contributed by atoms with Crippen molar-refractivity contribution in [1.82, 2.24) is 10.3 Å². The first-order valence-electron chi connectivity index (χ1n) is 9.94. The van der Waals surface area contributed by atoms with Crippen LogP contribution >= 0.6 is 0 Å². The second-order valence-corrected chi connectivity index (χ2v) is 8.16. The molecule has 30 heavy (non-hydrogen) atoms. The van der Waals surface area contributed by atoms with Crippen LogP contribution in [-0.2, 0) is 21.3 Å². The Morgan fingerprint density at radius 1 is 1.13 bits per heavy atom. The molecule has 3 aromatic rings. The first-order chi connectivity index (χ1) is 14.6. The molecule has 0 saturated heterocycles. The van der Waals surface area contributed by atoms with Crippen molar-refractivity contribution in [2.45, 2.75) is 30.9 Å². The zero-order chi connectivity index (χ0) is 21.3. The summed E-state index contributed by atoms with van der Waals surface area (Å²) in [6.07, 6.45) is 0.778. The third-order valence-electron chi connectivity index (χ3n) is 4.52. The van der Waals surface area contributed by atoms with E-state index < -0.39 is 10.8 Å². The van der Waals surface area contributed by atoms with Crippen LogP contribution in [0.3, 0.4) is 0 Å². The standard InChI is InChI=1S/C23H26N2O4S/c1-3-28-15-7-14-24-22(26)18-10-12-19(13-11-18)23-25-21(17(2)29-23)16-30(27)20-8-5-4-6-9-20/h4-6,8-13H,3,7,14-16H2,1-2H3,(H,24,26)/t30-/m1/s1. The third-order valence-corrected chi connectivity index (χ3v) is 5.85. The Labute approximate surface area is 179 Å². The maximum absolute atomic E-state index is 12.6. The predicted molar refractivity (Wildman–Crippen MR) is 117 cm³/mol. The van der Waals surface area contributed by atoms with Gasteiger partial charge in [0.05, 0.1) is 22.2 Å². The smallest absolute Gasteiger partial charge is 0.251 e. The van der Waals surface area contributed by atoms with Gasteiger partial charge < -0.3 is 14.5 Å². The summed E-state index contributed by atoms with van der Waals surface area (Å²) >= 11 is 0. The molecule has 1 N–H and O–H groups in total. The Morgan fingerprint density at radius 3 is 2.57 bits per heavy atom. The van der Waals surface area contributed by atoms with Gasteiger partial charge in [-0.2, -0.15) is 0 Å². The van der Waals surface area contributed by atoms with Gasteiger partial charge in [0.1, 0.15) is 5.76 Å². The van der Waals surface area contributed by atoms with Crippen LogP contribution in [0, 0.1) is 6.92 Å². The molecular weight excluding hydrogens is 400 g/mol. The minimum absolute atomic E-state index is 0.124. The number of nitrogens with one attached hydrogen (secondary N) is 1. The molecule has 0 radical (unpaired) electrons. The highest BCUT2D eigenvalue weighted by Crippen LogP contribution is 2.24. The maximum Gasteiger partial charge on any atom is 0.251 e. The van der Waals surface area contributed by atoms with Gasteiger partial charge in [0, 0.05) is 35.8 Å². The van der Waals surface area contributed by atoms with Gasteiger partial charge >= 0.3 is 0 Å². The largest absolute Gasteiger partial charge is 0.441 e.